The zero-order valence-electron chi connectivity index (χ0n) is 24.0. The van der Waals surface area contributed by atoms with Crippen molar-refractivity contribution in [2.45, 2.75) is 32.1 Å². The van der Waals surface area contributed by atoms with Gasteiger partial charge in [0.05, 0.1) is 0 Å². The van der Waals surface area contributed by atoms with Crippen LogP contribution in [0.4, 0.5) is 0 Å². The van der Waals surface area contributed by atoms with Crippen molar-refractivity contribution in [3.8, 4) is 22.6 Å². The van der Waals surface area contributed by atoms with E-state index >= 15 is 0 Å². The summed E-state index contributed by atoms with van der Waals surface area (Å²) >= 11 is 0. The van der Waals surface area contributed by atoms with Crippen molar-refractivity contribution >= 4 is 46.1 Å². The topological polar surface area (TPSA) is 66.2 Å². The van der Waals surface area contributed by atoms with Crippen LogP contribution in [-0.2, 0) is 0 Å². The number of rotatable bonds is 7. The normalized spacial score (nSPS) is 13.0. The van der Waals surface area contributed by atoms with Crippen molar-refractivity contribution in [1.29, 1.82) is 0 Å². The van der Waals surface area contributed by atoms with Crippen LogP contribution in [0.25, 0.3) is 57.2 Å². The van der Waals surface area contributed by atoms with Gasteiger partial charge in [-0.25, -0.2) is 0 Å². The molecule has 0 aliphatic heterocycles. The molecule has 4 aromatic carbocycles. The molecule has 43 heavy (non-hydrogen) atoms. The first-order chi connectivity index (χ1) is 21.1. The minimum Gasteiger partial charge on any atom is -0.506 e. The van der Waals surface area contributed by atoms with Gasteiger partial charge in [0.15, 0.2) is 0 Å². The summed E-state index contributed by atoms with van der Waals surface area (Å²) in [4.78, 5) is 8.72. The number of nitrogens with zero attached hydrogens (tertiary/aromatic N) is 2. The lowest BCUT2D eigenvalue weighted by Gasteiger charge is -2.13. The Balaban J connectivity index is 1.25. The first-order valence-electron chi connectivity index (χ1n) is 14.9. The van der Waals surface area contributed by atoms with Gasteiger partial charge in [0.2, 0.25) is 0 Å². The molecular formula is C39H32N2O2. The predicted octanol–water partition coefficient (Wildman–Crippen LogP) is 9.84. The monoisotopic (exact) mass is 560 g/mol. The third kappa shape index (κ3) is 4.95. The summed E-state index contributed by atoms with van der Waals surface area (Å²) in [5.41, 5.74) is 10.9. The van der Waals surface area contributed by atoms with Gasteiger partial charge in [-0.1, -0.05) is 92.6 Å². The van der Waals surface area contributed by atoms with E-state index in [0.717, 1.165) is 39.4 Å². The Hall–Kier alpha value is -5.22. The Kier molecular flexibility index (Phi) is 6.96. The van der Waals surface area contributed by atoms with E-state index in [0.29, 0.717) is 17.0 Å². The Morgan fingerprint density at radius 3 is 1.63 bits per heavy atom. The first kappa shape index (κ1) is 26.7. The molecule has 2 N–H and O–H groups in total. The first-order valence-corrected chi connectivity index (χ1v) is 14.9. The van der Waals surface area contributed by atoms with E-state index in [4.69, 9.17) is 0 Å². The second kappa shape index (κ2) is 11.2. The van der Waals surface area contributed by atoms with E-state index in [1.165, 1.54) is 35.1 Å². The van der Waals surface area contributed by atoms with E-state index in [-0.39, 0.29) is 11.5 Å². The molecule has 210 valence electrons. The minimum absolute atomic E-state index is 0.195. The standard InChI is InChI=1S/C39H32N2O2/c1-2-3-6-31-32-17-11-25(9-13-27-15-19-36(42)38-29(27)7-4-21-40-38)23-34(32)35-24-26(12-18-33(31)35)10-14-28-16-20-37(43)39-30(28)8-5-22-41-39/h4-5,7-24,31,42-43H,2-3,6H2,1H3/b13-9+,14-10+. The third-order valence-corrected chi connectivity index (χ3v) is 8.52. The number of unbranched alkanes of at least 4 members (excludes halogenated alkanes) is 1. The molecule has 4 nitrogen and oxygen atoms in total. The zero-order chi connectivity index (χ0) is 29.3. The van der Waals surface area contributed by atoms with Gasteiger partial charge in [0.1, 0.15) is 22.5 Å². The summed E-state index contributed by atoms with van der Waals surface area (Å²) in [6.07, 6.45) is 15.4. The molecule has 2 heterocycles. The van der Waals surface area contributed by atoms with Crippen molar-refractivity contribution in [1.82, 2.24) is 9.97 Å². The molecule has 0 fully saturated rings. The minimum atomic E-state index is 0.195. The maximum Gasteiger partial charge on any atom is 0.141 e. The summed E-state index contributed by atoms with van der Waals surface area (Å²) in [6.45, 7) is 2.25. The van der Waals surface area contributed by atoms with Crippen LogP contribution in [0.1, 0.15) is 65.5 Å². The van der Waals surface area contributed by atoms with Crippen LogP contribution in [-0.4, -0.2) is 20.2 Å². The summed E-state index contributed by atoms with van der Waals surface area (Å²) in [5, 5.41) is 22.3. The van der Waals surface area contributed by atoms with E-state index in [2.05, 4.69) is 77.6 Å². The second-order valence-corrected chi connectivity index (χ2v) is 11.2. The fourth-order valence-electron chi connectivity index (χ4n) is 6.34. The van der Waals surface area contributed by atoms with Crippen molar-refractivity contribution in [3.63, 3.8) is 0 Å². The lowest BCUT2D eigenvalue weighted by atomic mass is 9.91. The van der Waals surface area contributed by atoms with Gasteiger partial charge in [-0.05, 0) is 87.3 Å². The summed E-state index contributed by atoms with van der Waals surface area (Å²) < 4.78 is 0. The molecule has 0 bridgehead atoms. The number of hydrogen-bond donors (Lipinski definition) is 2. The highest BCUT2D eigenvalue weighted by molar-refractivity contribution is 5.95. The number of hydrogen-bond acceptors (Lipinski definition) is 4. The molecule has 2 aromatic heterocycles. The Labute approximate surface area is 251 Å². The van der Waals surface area contributed by atoms with Crippen molar-refractivity contribution in [2.75, 3.05) is 0 Å². The Bertz CT molecular complexity index is 1910. The van der Waals surface area contributed by atoms with Gasteiger partial charge >= 0.3 is 0 Å². The van der Waals surface area contributed by atoms with Gasteiger partial charge in [-0.2, -0.15) is 0 Å². The van der Waals surface area contributed by atoms with E-state index < -0.39 is 0 Å². The highest BCUT2D eigenvalue weighted by Crippen LogP contribution is 2.48. The molecule has 0 spiro atoms. The van der Waals surface area contributed by atoms with Crippen LogP contribution in [0.15, 0.2) is 97.3 Å². The van der Waals surface area contributed by atoms with Gasteiger partial charge in [-0.15, -0.1) is 0 Å². The number of fused-ring (bicyclic) bond motifs is 5. The van der Waals surface area contributed by atoms with Gasteiger partial charge in [0, 0.05) is 29.1 Å². The molecular weight excluding hydrogens is 528 g/mol. The molecule has 4 heteroatoms. The molecule has 0 amide bonds. The lowest BCUT2D eigenvalue weighted by Crippen LogP contribution is -1.96. The molecule has 0 saturated carbocycles. The number of aromatic hydroxyl groups is 2. The molecule has 1 aliphatic carbocycles. The van der Waals surface area contributed by atoms with E-state index in [1.807, 2.05) is 36.4 Å². The summed E-state index contributed by atoms with van der Waals surface area (Å²) in [6, 6.07) is 28.7. The maximum atomic E-state index is 10.2. The Morgan fingerprint density at radius 1 is 0.628 bits per heavy atom. The number of benzene rings is 4. The van der Waals surface area contributed by atoms with Crippen LogP contribution in [0, 0.1) is 0 Å². The number of pyridine rings is 2. The molecule has 0 radical (unpaired) electrons. The maximum absolute atomic E-state index is 10.2. The SMILES string of the molecule is CCCCC1c2ccc(/C=C/c3ccc(O)c4ncccc34)cc2-c2cc(/C=C/c3ccc(O)c4ncccc34)ccc21. The smallest absolute Gasteiger partial charge is 0.141 e. The summed E-state index contributed by atoms with van der Waals surface area (Å²) in [7, 11) is 0. The van der Waals surface area contributed by atoms with Gasteiger partial charge in [-0.3, -0.25) is 9.97 Å². The van der Waals surface area contributed by atoms with Crippen LogP contribution >= 0.6 is 0 Å². The van der Waals surface area contributed by atoms with Crippen molar-refractivity contribution < 1.29 is 10.2 Å². The zero-order valence-corrected chi connectivity index (χ0v) is 24.0. The fraction of sp³-hybridized carbons (Fsp3) is 0.128. The van der Waals surface area contributed by atoms with Crippen LogP contribution in [0.3, 0.4) is 0 Å². The molecule has 0 saturated heterocycles. The highest BCUT2D eigenvalue weighted by atomic mass is 16.3. The number of phenols is 2. The number of phenolic OH excluding ortho intramolecular Hbond substituents is 2. The highest BCUT2D eigenvalue weighted by Gasteiger charge is 2.28. The quantitative estimate of drug-likeness (QED) is 0.191. The predicted molar refractivity (Wildman–Crippen MR) is 178 cm³/mol. The van der Waals surface area contributed by atoms with Gasteiger partial charge in [0.25, 0.3) is 0 Å². The second-order valence-electron chi connectivity index (χ2n) is 11.2. The number of aromatic nitrogens is 2. The van der Waals surface area contributed by atoms with Crippen molar-refractivity contribution in [3.05, 3.63) is 131 Å². The summed E-state index contributed by atoms with van der Waals surface area (Å²) in [5.74, 6) is 0.792. The molecule has 0 unspecified atom stereocenters. The van der Waals surface area contributed by atoms with Gasteiger partial charge < -0.3 is 10.2 Å². The molecule has 7 rings (SSSR count). The molecule has 0 atom stereocenters. The van der Waals surface area contributed by atoms with Crippen molar-refractivity contribution in [2.24, 2.45) is 0 Å². The average molecular weight is 561 g/mol. The average Bonchev–Trinajstić information content (AvgIpc) is 3.35. The third-order valence-electron chi connectivity index (χ3n) is 8.52. The van der Waals surface area contributed by atoms with Crippen LogP contribution < -0.4 is 0 Å². The van der Waals surface area contributed by atoms with E-state index in [1.54, 1.807) is 24.5 Å². The van der Waals surface area contributed by atoms with Crippen LogP contribution in [0.5, 0.6) is 11.5 Å². The lowest BCUT2D eigenvalue weighted by molar-refractivity contribution is 0.480. The van der Waals surface area contributed by atoms with E-state index in [9.17, 15) is 10.2 Å². The largest absolute Gasteiger partial charge is 0.506 e. The Morgan fingerprint density at radius 2 is 1.14 bits per heavy atom. The molecule has 1 aliphatic rings. The fourth-order valence-corrected chi connectivity index (χ4v) is 6.34. The molecule has 6 aromatic rings. The van der Waals surface area contributed by atoms with Crippen LogP contribution in [0.2, 0.25) is 0 Å².